The van der Waals surface area contributed by atoms with E-state index in [1.807, 2.05) is 77.1 Å². The summed E-state index contributed by atoms with van der Waals surface area (Å²) in [5, 5.41) is 12.6. The molecular formula is C26H31NO3. The van der Waals surface area contributed by atoms with Crippen molar-refractivity contribution in [1.29, 1.82) is 0 Å². The monoisotopic (exact) mass is 405 g/mol. The van der Waals surface area contributed by atoms with Crippen LogP contribution in [0.15, 0.2) is 60.7 Å². The topological polar surface area (TPSA) is 58.6 Å². The molecular weight excluding hydrogens is 374 g/mol. The van der Waals surface area contributed by atoms with Crippen molar-refractivity contribution in [1.82, 2.24) is 5.32 Å². The summed E-state index contributed by atoms with van der Waals surface area (Å²) in [5.74, 6) is 1.69. The third-order valence-electron chi connectivity index (χ3n) is 4.61. The van der Waals surface area contributed by atoms with Crippen LogP contribution in [0.25, 0.3) is 0 Å². The number of aromatic hydroxyl groups is 1. The fourth-order valence-electron chi connectivity index (χ4n) is 3.16. The minimum atomic E-state index is -0.00881. The van der Waals surface area contributed by atoms with E-state index in [1.165, 1.54) is 0 Å². The van der Waals surface area contributed by atoms with Gasteiger partial charge in [0, 0.05) is 6.54 Å². The van der Waals surface area contributed by atoms with Gasteiger partial charge in [-0.1, -0.05) is 56.3 Å². The average molecular weight is 406 g/mol. The number of rotatable bonds is 6. The standard InChI is InChI=1S/C24H25NO3.C2H6/c1-16-13-21(9-10-22(16)26)28-24-17(2)11-20(12-18(24)3)14-23(27)25-15-19-7-5-4-6-8-19;1-2/h4-13,26H,14-15H2,1-3H3,(H,25,27);1-2H3. The van der Waals surface area contributed by atoms with Gasteiger partial charge in [0.25, 0.3) is 0 Å². The van der Waals surface area contributed by atoms with Crippen molar-refractivity contribution in [2.45, 2.75) is 47.6 Å². The molecule has 0 heterocycles. The lowest BCUT2D eigenvalue weighted by atomic mass is 10.0. The number of phenols is 1. The summed E-state index contributed by atoms with van der Waals surface area (Å²) in [7, 11) is 0. The Morgan fingerprint density at radius 1 is 0.867 bits per heavy atom. The molecule has 4 nitrogen and oxygen atoms in total. The molecule has 30 heavy (non-hydrogen) atoms. The van der Waals surface area contributed by atoms with E-state index in [2.05, 4.69) is 5.32 Å². The van der Waals surface area contributed by atoms with Crippen LogP contribution in [0.1, 0.15) is 41.7 Å². The minimum absolute atomic E-state index is 0.00881. The molecule has 0 spiro atoms. The Balaban J connectivity index is 0.00000155. The molecule has 158 valence electrons. The second-order valence-electron chi connectivity index (χ2n) is 7.05. The smallest absolute Gasteiger partial charge is 0.224 e. The largest absolute Gasteiger partial charge is 0.508 e. The van der Waals surface area contributed by atoms with E-state index in [4.69, 9.17) is 4.74 Å². The molecule has 4 heteroatoms. The van der Waals surface area contributed by atoms with Gasteiger partial charge >= 0.3 is 0 Å². The van der Waals surface area contributed by atoms with Gasteiger partial charge in [0.05, 0.1) is 6.42 Å². The normalized spacial score (nSPS) is 10.0. The molecule has 0 aliphatic rings. The number of carbonyl (C=O) groups is 1. The number of phenolic OH excluding ortho intramolecular Hbond substituents is 1. The summed E-state index contributed by atoms with van der Waals surface area (Å²) in [6.45, 7) is 10.3. The van der Waals surface area contributed by atoms with Gasteiger partial charge < -0.3 is 15.2 Å². The first-order valence-corrected chi connectivity index (χ1v) is 10.3. The second kappa shape index (κ2) is 11.1. The molecule has 0 unspecified atom stereocenters. The molecule has 0 fully saturated rings. The van der Waals surface area contributed by atoms with E-state index >= 15 is 0 Å². The van der Waals surface area contributed by atoms with Gasteiger partial charge in [0.1, 0.15) is 17.2 Å². The van der Waals surface area contributed by atoms with Crippen molar-refractivity contribution < 1.29 is 14.6 Å². The van der Waals surface area contributed by atoms with Crippen LogP contribution in [0.4, 0.5) is 0 Å². The molecule has 0 atom stereocenters. The first-order valence-electron chi connectivity index (χ1n) is 10.3. The Labute approximate surface area is 179 Å². The van der Waals surface area contributed by atoms with Crippen molar-refractivity contribution in [3.8, 4) is 17.2 Å². The lowest BCUT2D eigenvalue weighted by Crippen LogP contribution is -2.24. The molecule has 3 rings (SSSR count). The Kier molecular flexibility index (Phi) is 8.48. The Morgan fingerprint density at radius 2 is 1.50 bits per heavy atom. The number of nitrogens with one attached hydrogen (secondary N) is 1. The maximum Gasteiger partial charge on any atom is 0.224 e. The highest BCUT2D eigenvalue weighted by Crippen LogP contribution is 2.32. The van der Waals surface area contributed by atoms with Crippen LogP contribution in [0, 0.1) is 20.8 Å². The van der Waals surface area contributed by atoms with E-state index in [-0.39, 0.29) is 11.7 Å². The van der Waals surface area contributed by atoms with Gasteiger partial charge in [-0.3, -0.25) is 4.79 Å². The molecule has 0 saturated carbocycles. The number of amides is 1. The summed E-state index contributed by atoms with van der Waals surface area (Å²) in [6, 6.07) is 19.0. The average Bonchev–Trinajstić information content (AvgIpc) is 2.74. The number of carbonyl (C=O) groups excluding carboxylic acids is 1. The van der Waals surface area contributed by atoms with Crippen LogP contribution in [-0.2, 0) is 17.8 Å². The number of benzene rings is 3. The van der Waals surface area contributed by atoms with Gasteiger partial charge in [-0.2, -0.15) is 0 Å². The minimum Gasteiger partial charge on any atom is -0.508 e. The molecule has 1 amide bonds. The van der Waals surface area contributed by atoms with Crippen molar-refractivity contribution in [2.75, 3.05) is 0 Å². The van der Waals surface area contributed by atoms with Crippen molar-refractivity contribution in [3.63, 3.8) is 0 Å². The third kappa shape index (κ3) is 6.38. The fourth-order valence-corrected chi connectivity index (χ4v) is 3.16. The fraction of sp³-hybridized carbons (Fsp3) is 0.269. The second-order valence-corrected chi connectivity index (χ2v) is 7.05. The Bertz CT molecular complexity index is 958. The van der Waals surface area contributed by atoms with Crippen LogP contribution >= 0.6 is 0 Å². The zero-order valence-electron chi connectivity index (χ0n) is 18.5. The number of aryl methyl sites for hydroxylation is 3. The van der Waals surface area contributed by atoms with Gasteiger partial charge in [-0.15, -0.1) is 0 Å². The molecule has 3 aromatic rings. The molecule has 0 radical (unpaired) electrons. The maximum absolute atomic E-state index is 12.3. The van der Waals surface area contributed by atoms with Crippen molar-refractivity contribution >= 4 is 5.91 Å². The predicted octanol–water partition coefficient (Wildman–Crippen LogP) is 5.99. The Hall–Kier alpha value is -3.27. The zero-order valence-corrected chi connectivity index (χ0v) is 18.5. The zero-order chi connectivity index (χ0) is 22.1. The Morgan fingerprint density at radius 3 is 2.10 bits per heavy atom. The summed E-state index contributed by atoms with van der Waals surface area (Å²) in [6.07, 6.45) is 0.326. The van der Waals surface area contributed by atoms with Crippen LogP contribution in [-0.4, -0.2) is 11.0 Å². The van der Waals surface area contributed by atoms with Gasteiger partial charge in [0.2, 0.25) is 5.91 Å². The number of hydrogen-bond donors (Lipinski definition) is 2. The lowest BCUT2D eigenvalue weighted by Gasteiger charge is -2.14. The van der Waals surface area contributed by atoms with E-state index in [0.29, 0.717) is 18.7 Å². The molecule has 2 N–H and O–H groups in total. The van der Waals surface area contributed by atoms with E-state index in [0.717, 1.165) is 33.6 Å². The highest BCUT2D eigenvalue weighted by molar-refractivity contribution is 5.78. The van der Waals surface area contributed by atoms with E-state index < -0.39 is 0 Å². The summed E-state index contributed by atoms with van der Waals surface area (Å²) >= 11 is 0. The van der Waals surface area contributed by atoms with Crippen molar-refractivity contribution in [3.05, 3.63) is 88.5 Å². The van der Waals surface area contributed by atoms with Gasteiger partial charge in [-0.25, -0.2) is 0 Å². The first kappa shape index (κ1) is 23.0. The summed E-state index contributed by atoms with van der Waals surface area (Å²) in [4.78, 5) is 12.3. The lowest BCUT2D eigenvalue weighted by molar-refractivity contribution is -0.120. The van der Waals surface area contributed by atoms with Gasteiger partial charge in [-0.05, 0) is 66.8 Å². The third-order valence-corrected chi connectivity index (χ3v) is 4.61. The molecule has 0 aromatic heterocycles. The molecule has 0 aliphatic carbocycles. The van der Waals surface area contributed by atoms with E-state index in [1.54, 1.807) is 18.2 Å². The van der Waals surface area contributed by atoms with Crippen LogP contribution in [0.3, 0.4) is 0 Å². The predicted molar refractivity (Wildman–Crippen MR) is 122 cm³/mol. The highest BCUT2D eigenvalue weighted by Gasteiger charge is 2.11. The highest BCUT2D eigenvalue weighted by atomic mass is 16.5. The quantitative estimate of drug-likeness (QED) is 0.529. The molecule has 3 aromatic carbocycles. The maximum atomic E-state index is 12.3. The summed E-state index contributed by atoms with van der Waals surface area (Å²) < 4.78 is 6.03. The SMILES string of the molecule is CC.Cc1cc(Oc2c(C)cc(CC(=O)NCc3ccccc3)cc2C)ccc1O. The van der Waals surface area contributed by atoms with Crippen LogP contribution < -0.4 is 10.1 Å². The van der Waals surface area contributed by atoms with Crippen LogP contribution in [0.5, 0.6) is 17.2 Å². The summed E-state index contributed by atoms with van der Waals surface area (Å²) in [5.41, 5.74) is 4.73. The molecule has 0 bridgehead atoms. The molecule has 0 saturated heterocycles. The first-order chi connectivity index (χ1) is 14.4. The van der Waals surface area contributed by atoms with Crippen molar-refractivity contribution in [2.24, 2.45) is 0 Å². The molecule has 0 aliphatic heterocycles. The number of hydrogen-bond acceptors (Lipinski definition) is 3. The van der Waals surface area contributed by atoms with Gasteiger partial charge in [0.15, 0.2) is 0 Å². The number of ether oxygens (including phenoxy) is 1. The van der Waals surface area contributed by atoms with Crippen LogP contribution in [0.2, 0.25) is 0 Å². The van der Waals surface area contributed by atoms with E-state index in [9.17, 15) is 9.90 Å².